The monoisotopic (exact) mass is 220 g/mol. The highest BCUT2D eigenvalue weighted by molar-refractivity contribution is 6.35. The summed E-state index contributed by atoms with van der Waals surface area (Å²) in [5.74, 6) is 5.68. The van der Waals surface area contributed by atoms with Gasteiger partial charge in [-0.3, -0.25) is 11.3 Å². The van der Waals surface area contributed by atoms with E-state index in [2.05, 4.69) is 5.43 Å². The Morgan fingerprint density at radius 1 is 1.38 bits per heavy atom. The largest absolute Gasteiger partial charge is 0.491 e. The summed E-state index contributed by atoms with van der Waals surface area (Å²) in [5.41, 5.74) is 2.47. The Labute approximate surface area is 86.7 Å². The van der Waals surface area contributed by atoms with Gasteiger partial charge in [-0.05, 0) is 18.2 Å². The van der Waals surface area contributed by atoms with Crippen LogP contribution in [0.5, 0.6) is 5.75 Å². The summed E-state index contributed by atoms with van der Waals surface area (Å²) in [6.07, 6.45) is 0. The number of nitrogens with one attached hydrogen (secondary N) is 1. The van der Waals surface area contributed by atoms with Crippen molar-refractivity contribution in [3.05, 3.63) is 28.2 Å². The van der Waals surface area contributed by atoms with Crippen LogP contribution < -0.4 is 16.0 Å². The van der Waals surface area contributed by atoms with Crippen LogP contribution in [0.4, 0.5) is 0 Å². The number of rotatable bonds is 4. The standard InChI is InChI=1S/C8H10Cl2N2O/c9-6-1-2-8(7(10)5-6)13-4-3-12-11/h1-2,5,12H,3-4,11H2. The maximum atomic E-state index is 5.85. The molecule has 5 heteroatoms. The molecule has 3 N–H and O–H groups in total. The normalized spacial score (nSPS) is 10.1. The molecule has 0 aliphatic carbocycles. The van der Waals surface area contributed by atoms with Gasteiger partial charge in [0.2, 0.25) is 0 Å². The van der Waals surface area contributed by atoms with Crippen molar-refractivity contribution < 1.29 is 4.74 Å². The van der Waals surface area contributed by atoms with Crippen molar-refractivity contribution in [2.45, 2.75) is 0 Å². The highest BCUT2D eigenvalue weighted by Crippen LogP contribution is 2.27. The number of nitrogens with two attached hydrogens (primary N) is 1. The van der Waals surface area contributed by atoms with Crippen molar-refractivity contribution >= 4 is 23.2 Å². The highest BCUT2D eigenvalue weighted by Gasteiger charge is 2.00. The zero-order valence-electron chi connectivity index (χ0n) is 6.89. The predicted octanol–water partition coefficient (Wildman–Crippen LogP) is 1.84. The lowest BCUT2D eigenvalue weighted by Gasteiger charge is -2.07. The Morgan fingerprint density at radius 2 is 2.15 bits per heavy atom. The number of ether oxygens (including phenoxy) is 1. The van der Waals surface area contributed by atoms with Crippen molar-refractivity contribution in [2.75, 3.05) is 13.2 Å². The van der Waals surface area contributed by atoms with Gasteiger partial charge < -0.3 is 4.74 Å². The van der Waals surface area contributed by atoms with Crippen molar-refractivity contribution in [3.63, 3.8) is 0 Å². The van der Waals surface area contributed by atoms with Crippen LogP contribution in [0.3, 0.4) is 0 Å². The molecule has 0 bridgehead atoms. The summed E-state index contributed by atoms with van der Waals surface area (Å²) in [6, 6.07) is 5.08. The Kier molecular flexibility index (Phi) is 4.32. The van der Waals surface area contributed by atoms with E-state index in [0.717, 1.165) is 0 Å². The molecule has 0 atom stereocenters. The summed E-state index contributed by atoms with van der Waals surface area (Å²) < 4.78 is 5.30. The smallest absolute Gasteiger partial charge is 0.138 e. The molecule has 1 rings (SSSR count). The third kappa shape index (κ3) is 3.40. The van der Waals surface area contributed by atoms with E-state index in [4.69, 9.17) is 33.8 Å². The highest BCUT2D eigenvalue weighted by atomic mass is 35.5. The first-order valence-corrected chi connectivity index (χ1v) is 4.51. The van der Waals surface area contributed by atoms with E-state index >= 15 is 0 Å². The van der Waals surface area contributed by atoms with Gasteiger partial charge in [0.1, 0.15) is 12.4 Å². The Bertz CT molecular complexity index is 281. The minimum absolute atomic E-state index is 0.470. The van der Waals surface area contributed by atoms with E-state index < -0.39 is 0 Å². The van der Waals surface area contributed by atoms with E-state index in [0.29, 0.717) is 28.9 Å². The Hall–Kier alpha value is -0.480. The topological polar surface area (TPSA) is 47.3 Å². The van der Waals surface area contributed by atoms with Gasteiger partial charge in [0.25, 0.3) is 0 Å². The molecule has 1 aromatic rings. The molecule has 0 fully saturated rings. The van der Waals surface area contributed by atoms with Crippen molar-refractivity contribution in [2.24, 2.45) is 5.84 Å². The van der Waals surface area contributed by atoms with Crippen LogP contribution in [-0.2, 0) is 0 Å². The Morgan fingerprint density at radius 3 is 2.77 bits per heavy atom. The quantitative estimate of drug-likeness (QED) is 0.463. The van der Waals surface area contributed by atoms with Crippen LogP contribution in [0.25, 0.3) is 0 Å². The van der Waals surface area contributed by atoms with Gasteiger partial charge in [0.15, 0.2) is 0 Å². The summed E-state index contributed by atoms with van der Waals surface area (Å²) in [5, 5.41) is 1.10. The molecule has 0 radical (unpaired) electrons. The van der Waals surface area contributed by atoms with Gasteiger partial charge in [-0.25, -0.2) is 0 Å². The number of hydrazine groups is 1. The maximum Gasteiger partial charge on any atom is 0.138 e. The molecular formula is C8H10Cl2N2O. The van der Waals surface area contributed by atoms with E-state index in [1.165, 1.54) is 0 Å². The number of benzene rings is 1. The van der Waals surface area contributed by atoms with E-state index in [-0.39, 0.29) is 0 Å². The summed E-state index contributed by atoms with van der Waals surface area (Å²) in [4.78, 5) is 0. The minimum Gasteiger partial charge on any atom is -0.491 e. The zero-order chi connectivity index (χ0) is 9.68. The minimum atomic E-state index is 0.470. The van der Waals surface area contributed by atoms with E-state index in [1.54, 1.807) is 18.2 Å². The molecule has 0 amide bonds. The summed E-state index contributed by atoms with van der Waals surface area (Å²) >= 11 is 11.6. The van der Waals surface area contributed by atoms with Gasteiger partial charge >= 0.3 is 0 Å². The molecule has 0 saturated heterocycles. The average Bonchev–Trinajstić information content (AvgIpc) is 2.09. The molecule has 3 nitrogen and oxygen atoms in total. The molecule has 0 aliphatic heterocycles. The van der Waals surface area contributed by atoms with Crippen molar-refractivity contribution in [1.29, 1.82) is 0 Å². The lowest BCUT2D eigenvalue weighted by molar-refractivity contribution is 0.315. The molecule has 13 heavy (non-hydrogen) atoms. The number of hydrogen-bond acceptors (Lipinski definition) is 3. The van der Waals surface area contributed by atoms with Gasteiger partial charge in [-0.1, -0.05) is 23.2 Å². The SMILES string of the molecule is NNCCOc1ccc(Cl)cc1Cl. The van der Waals surface area contributed by atoms with Gasteiger partial charge in [-0.15, -0.1) is 0 Å². The van der Waals surface area contributed by atoms with Crippen LogP contribution in [0.1, 0.15) is 0 Å². The average molecular weight is 221 g/mol. The van der Waals surface area contributed by atoms with E-state index in [1.807, 2.05) is 0 Å². The fraction of sp³-hybridized carbons (Fsp3) is 0.250. The second-order valence-corrected chi connectivity index (χ2v) is 3.22. The predicted molar refractivity (Wildman–Crippen MR) is 54.1 cm³/mol. The molecular weight excluding hydrogens is 211 g/mol. The van der Waals surface area contributed by atoms with Crippen molar-refractivity contribution in [3.8, 4) is 5.75 Å². The molecule has 0 unspecified atom stereocenters. The van der Waals surface area contributed by atoms with Crippen LogP contribution in [-0.4, -0.2) is 13.2 Å². The second-order valence-electron chi connectivity index (χ2n) is 2.38. The lowest BCUT2D eigenvalue weighted by atomic mass is 10.3. The maximum absolute atomic E-state index is 5.85. The summed E-state index contributed by atoms with van der Waals surface area (Å²) in [7, 11) is 0. The van der Waals surface area contributed by atoms with Crippen LogP contribution in [0, 0.1) is 0 Å². The first-order chi connectivity index (χ1) is 6.24. The zero-order valence-corrected chi connectivity index (χ0v) is 8.40. The number of hydrogen-bond donors (Lipinski definition) is 2. The third-order valence-electron chi connectivity index (χ3n) is 1.40. The van der Waals surface area contributed by atoms with Crippen molar-refractivity contribution in [1.82, 2.24) is 5.43 Å². The lowest BCUT2D eigenvalue weighted by Crippen LogP contribution is -2.27. The number of halogens is 2. The first kappa shape index (κ1) is 10.6. The molecule has 0 spiro atoms. The van der Waals surface area contributed by atoms with Crippen LogP contribution in [0.15, 0.2) is 18.2 Å². The van der Waals surface area contributed by atoms with Crippen LogP contribution >= 0.6 is 23.2 Å². The van der Waals surface area contributed by atoms with Gasteiger partial charge in [0.05, 0.1) is 5.02 Å². The third-order valence-corrected chi connectivity index (χ3v) is 1.93. The molecule has 0 aromatic heterocycles. The Balaban J connectivity index is 2.56. The molecule has 1 aromatic carbocycles. The van der Waals surface area contributed by atoms with E-state index in [9.17, 15) is 0 Å². The van der Waals surface area contributed by atoms with Gasteiger partial charge in [0, 0.05) is 11.6 Å². The van der Waals surface area contributed by atoms with Crippen LogP contribution in [0.2, 0.25) is 10.0 Å². The second kappa shape index (κ2) is 5.29. The fourth-order valence-electron chi connectivity index (χ4n) is 0.812. The molecule has 0 saturated carbocycles. The first-order valence-electron chi connectivity index (χ1n) is 3.75. The fourth-order valence-corrected chi connectivity index (χ4v) is 1.28. The molecule has 72 valence electrons. The molecule has 0 aliphatic rings. The summed E-state index contributed by atoms with van der Waals surface area (Å²) in [6.45, 7) is 1.04. The van der Waals surface area contributed by atoms with Gasteiger partial charge in [-0.2, -0.15) is 0 Å². The molecule has 0 heterocycles.